The number of thioether (sulfide) groups is 1. The fourth-order valence-corrected chi connectivity index (χ4v) is 2.69. The van der Waals surface area contributed by atoms with E-state index in [1.54, 1.807) is 11.8 Å². The van der Waals surface area contributed by atoms with Crippen molar-refractivity contribution in [2.24, 2.45) is 11.7 Å². The average molecular weight is 244 g/mol. The number of nitrogens with two attached hydrogens (primary N) is 1. The third-order valence-electron chi connectivity index (χ3n) is 3.36. The number of rotatable bonds is 5. The van der Waals surface area contributed by atoms with Crippen LogP contribution in [0.3, 0.4) is 0 Å². The van der Waals surface area contributed by atoms with Gasteiger partial charge in [-0.1, -0.05) is 13.3 Å². The Morgan fingerprint density at radius 3 is 3.00 bits per heavy atom. The smallest absolute Gasteiger partial charge is 0.239 e. The second-order valence-electron chi connectivity index (χ2n) is 4.59. The van der Waals surface area contributed by atoms with Gasteiger partial charge in [-0.3, -0.25) is 4.79 Å². The molecule has 16 heavy (non-hydrogen) atoms. The van der Waals surface area contributed by atoms with Crippen LogP contribution in [0, 0.1) is 5.92 Å². The Kier molecular flexibility index (Phi) is 6.21. The molecule has 0 aliphatic carbocycles. The zero-order valence-electron chi connectivity index (χ0n) is 10.4. The van der Waals surface area contributed by atoms with E-state index < -0.39 is 0 Å². The number of amides is 1. The number of likely N-dealkylation sites (tertiary alicyclic amines) is 1. The zero-order valence-corrected chi connectivity index (χ0v) is 11.3. The van der Waals surface area contributed by atoms with Crippen molar-refractivity contribution < 1.29 is 4.79 Å². The lowest BCUT2D eigenvalue weighted by molar-refractivity contribution is -0.134. The second kappa shape index (κ2) is 7.17. The van der Waals surface area contributed by atoms with E-state index in [9.17, 15) is 4.79 Å². The molecule has 1 unspecified atom stereocenters. The maximum atomic E-state index is 12.1. The molecule has 3 nitrogen and oxygen atoms in total. The highest BCUT2D eigenvalue weighted by molar-refractivity contribution is 7.98. The minimum Gasteiger partial charge on any atom is -0.341 e. The average Bonchev–Trinajstić information content (AvgIpc) is 2.35. The van der Waals surface area contributed by atoms with Gasteiger partial charge in [-0.2, -0.15) is 11.8 Å². The fraction of sp³-hybridized carbons (Fsp3) is 0.917. The van der Waals surface area contributed by atoms with Crippen molar-refractivity contribution in [3.63, 3.8) is 0 Å². The summed E-state index contributed by atoms with van der Waals surface area (Å²) < 4.78 is 0. The van der Waals surface area contributed by atoms with Gasteiger partial charge in [-0.05, 0) is 37.2 Å². The molecular formula is C12H24N2OS. The van der Waals surface area contributed by atoms with E-state index in [2.05, 4.69) is 6.92 Å². The summed E-state index contributed by atoms with van der Waals surface area (Å²) in [7, 11) is 0. The van der Waals surface area contributed by atoms with Crippen LogP contribution >= 0.6 is 11.8 Å². The van der Waals surface area contributed by atoms with E-state index in [1.807, 2.05) is 11.2 Å². The molecule has 1 rings (SSSR count). The highest BCUT2D eigenvalue weighted by Gasteiger charge is 2.25. The van der Waals surface area contributed by atoms with Gasteiger partial charge in [0.25, 0.3) is 0 Å². The van der Waals surface area contributed by atoms with Gasteiger partial charge in [0, 0.05) is 13.1 Å². The quantitative estimate of drug-likeness (QED) is 0.801. The predicted octanol–water partition coefficient (Wildman–Crippen LogP) is 1.72. The van der Waals surface area contributed by atoms with Crippen molar-refractivity contribution in [2.75, 3.05) is 25.1 Å². The molecule has 1 aliphatic rings. The third kappa shape index (κ3) is 3.98. The minimum atomic E-state index is -0.289. The van der Waals surface area contributed by atoms with Crippen LogP contribution in [0.5, 0.6) is 0 Å². The van der Waals surface area contributed by atoms with Gasteiger partial charge in [0.1, 0.15) is 0 Å². The monoisotopic (exact) mass is 244 g/mol. The summed E-state index contributed by atoms with van der Waals surface area (Å²) in [5, 5.41) is 0. The van der Waals surface area contributed by atoms with Gasteiger partial charge in [0.2, 0.25) is 5.91 Å². The van der Waals surface area contributed by atoms with Crippen molar-refractivity contribution in [1.82, 2.24) is 4.90 Å². The van der Waals surface area contributed by atoms with Crippen LogP contribution in [-0.4, -0.2) is 41.9 Å². The van der Waals surface area contributed by atoms with Gasteiger partial charge < -0.3 is 10.6 Å². The first-order chi connectivity index (χ1) is 7.69. The Bertz CT molecular complexity index is 223. The van der Waals surface area contributed by atoms with Crippen molar-refractivity contribution in [3.8, 4) is 0 Å². The maximum Gasteiger partial charge on any atom is 0.239 e. The van der Waals surface area contributed by atoms with Crippen LogP contribution in [0.25, 0.3) is 0 Å². The Morgan fingerprint density at radius 2 is 2.38 bits per heavy atom. The van der Waals surface area contributed by atoms with E-state index in [4.69, 9.17) is 5.73 Å². The zero-order chi connectivity index (χ0) is 12.0. The summed E-state index contributed by atoms with van der Waals surface area (Å²) in [6, 6.07) is -0.289. The minimum absolute atomic E-state index is 0.159. The molecule has 0 saturated carbocycles. The Labute approximate surface area is 103 Å². The van der Waals surface area contributed by atoms with Crippen molar-refractivity contribution in [1.29, 1.82) is 0 Å². The molecule has 2 atom stereocenters. The molecule has 1 fully saturated rings. The Balaban J connectivity index is 2.40. The van der Waals surface area contributed by atoms with Gasteiger partial charge >= 0.3 is 0 Å². The van der Waals surface area contributed by atoms with Crippen molar-refractivity contribution >= 4 is 17.7 Å². The first kappa shape index (κ1) is 13.8. The van der Waals surface area contributed by atoms with E-state index in [0.717, 1.165) is 31.7 Å². The van der Waals surface area contributed by atoms with E-state index in [0.29, 0.717) is 5.92 Å². The molecule has 0 bridgehead atoms. The number of carbonyl (C=O) groups excluding carboxylic acids is 1. The van der Waals surface area contributed by atoms with Crippen LogP contribution in [0.15, 0.2) is 0 Å². The lowest BCUT2D eigenvalue weighted by atomic mass is 9.95. The molecule has 2 N–H and O–H groups in total. The number of carbonyl (C=O) groups is 1. The molecule has 0 spiro atoms. The molecule has 1 aliphatic heterocycles. The Morgan fingerprint density at radius 1 is 1.62 bits per heavy atom. The largest absolute Gasteiger partial charge is 0.341 e. The van der Waals surface area contributed by atoms with Crippen LogP contribution in [0.4, 0.5) is 0 Å². The Hall–Kier alpha value is -0.220. The molecule has 94 valence electrons. The molecule has 0 aromatic rings. The molecule has 0 aromatic heterocycles. The highest BCUT2D eigenvalue weighted by Crippen LogP contribution is 2.19. The lowest BCUT2D eigenvalue weighted by Crippen LogP contribution is -2.48. The van der Waals surface area contributed by atoms with E-state index in [1.165, 1.54) is 12.8 Å². The number of nitrogens with zero attached hydrogens (tertiary/aromatic N) is 1. The molecule has 1 heterocycles. The molecule has 1 amide bonds. The summed E-state index contributed by atoms with van der Waals surface area (Å²) in [4.78, 5) is 14.0. The molecule has 4 heteroatoms. The summed E-state index contributed by atoms with van der Waals surface area (Å²) in [6.07, 6.45) is 6.42. The first-order valence-electron chi connectivity index (χ1n) is 6.22. The first-order valence-corrected chi connectivity index (χ1v) is 7.61. The molecule has 0 radical (unpaired) electrons. The highest BCUT2D eigenvalue weighted by atomic mass is 32.2. The van der Waals surface area contributed by atoms with Gasteiger partial charge in [0.15, 0.2) is 0 Å². The van der Waals surface area contributed by atoms with Gasteiger partial charge in [-0.15, -0.1) is 0 Å². The number of hydrogen-bond acceptors (Lipinski definition) is 3. The molecule has 0 aromatic carbocycles. The summed E-state index contributed by atoms with van der Waals surface area (Å²) in [5.74, 6) is 1.82. The van der Waals surface area contributed by atoms with E-state index >= 15 is 0 Å². The third-order valence-corrected chi connectivity index (χ3v) is 4.00. The van der Waals surface area contributed by atoms with Crippen LogP contribution in [0.1, 0.15) is 32.6 Å². The fourth-order valence-electron chi connectivity index (χ4n) is 2.20. The SMILES string of the molecule is CCC1CCCN(C(=O)[C@H](N)CCSC)C1. The van der Waals surface area contributed by atoms with Crippen LogP contribution in [-0.2, 0) is 4.79 Å². The lowest BCUT2D eigenvalue weighted by Gasteiger charge is -2.33. The standard InChI is InChI=1S/C12H24N2OS/c1-3-10-5-4-7-14(9-10)12(15)11(13)6-8-16-2/h10-11H,3-9,13H2,1-2H3/t10?,11-/m1/s1. The molecular weight excluding hydrogens is 220 g/mol. The number of hydrogen-bond donors (Lipinski definition) is 1. The summed E-state index contributed by atoms with van der Waals surface area (Å²) >= 11 is 1.75. The second-order valence-corrected chi connectivity index (χ2v) is 5.57. The predicted molar refractivity (Wildman–Crippen MR) is 70.6 cm³/mol. The normalized spacial score (nSPS) is 23.2. The van der Waals surface area contributed by atoms with E-state index in [-0.39, 0.29) is 11.9 Å². The van der Waals surface area contributed by atoms with Crippen molar-refractivity contribution in [2.45, 2.75) is 38.6 Å². The van der Waals surface area contributed by atoms with Crippen LogP contribution < -0.4 is 5.73 Å². The maximum absolute atomic E-state index is 12.1. The van der Waals surface area contributed by atoms with Crippen molar-refractivity contribution in [3.05, 3.63) is 0 Å². The van der Waals surface area contributed by atoms with Crippen LogP contribution in [0.2, 0.25) is 0 Å². The van der Waals surface area contributed by atoms with Gasteiger partial charge in [-0.25, -0.2) is 0 Å². The summed E-state index contributed by atoms with van der Waals surface area (Å²) in [5.41, 5.74) is 5.92. The van der Waals surface area contributed by atoms with Gasteiger partial charge in [0.05, 0.1) is 6.04 Å². The molecule has 1 saturated heterocycles. The number of piperidine rings is 1. The summed E-state index contributed by atoms with van der Waals surface area (Å²) in [6.45, 7) is 4.02. The topological polar surface area (TPSA) is 46.3 Å².